The molecule has 0 spiro atoms. The molecule has 4 aromatic rings. The van der Waals surface area contributed by atoms with Crippen LogP contribution in [-0.2, 0) is 9.53 Å². The van der Waals surface area contributed by atoms with Gasteiger partial charge in [-0.1, -0.05) is 36.4 Å². The predicted molar refractivity (Wildman–Crippen MR) is 129 cm³/mol. The van der Waals surface area contributed by atoms with E-state index >= 15 is 0 Å². The monoisotopic (exact) mass is 489 g/mol. The van der Waals surface area contributed by atoms with Gasteiger partial charge in [0.05, 0.1) is 26.7 Å². The third-order valence-corrected chi connectivity index (χ3v) is 5.87. The quantitative estimate of drug-likeness (QED) is 0.402. The van der Waals surface area contributed by atoms with Crippen LogP contribution >= 0.6 is 0 Å². The van der Waals surface area contributed by atoms with Gasteiger partial charge < -0.3 is 28.8 Å². The number of esters is 1. The van der Waals surface area contributed by atoms with Crippen LogP contribution in [0.3, 0.4) is 0 Å². The zero-order chi connectivity index (χ0) is 25.4. The van der Waals surface area contributed by atoms with Crippen molar-refractivity contribution in [2.45, 2.75) is 12.8 Å². The van der Waals surface area contributed by atoms with Gasteiger partial charge in [-0.3, -0.25) is 0 Å². The van der Waals surface area contributed by atoms with Crippen molar-refractivity contribution in [2.75, 3.05) is 26.6 Å². The number of hydrogen-bond acceptors (Lipinski definition) is 9. The molecule has 184 valence electrons. The average Bonchev–Trinajstić information content (AvgIpc) is 3.42. The summed E-state index contributed by atoms with van der Waals surface area (Å²) in [5, 5.41) is 0.0900. The van der Waals surface area contributed by atoms with Crippen molar-refractivity contribution < 1.29 is 27.8 Å². The number of nitrogens with two attached hydrogens (primary N) is 1. The summed E-state index contributed by atoms with van der Waals surface area (Å²) in [6.07, 6.45) is 1.59. The van der Waals surface area contributed by atoms with Crippen LogP contribution in [0, 0.1) is 0 Å². The first-order valence-electron chi connectivity index (χ1n) is 11.2. The fourth-order valence-corrected chi connectivity index (χ4v) is 4.39. The highest BCUT2D eigenvalue weighted by atomic mass is 16.5. The second-order valence-electron chi connectivity index (χ2n) is 7.85. The lowest BCUT2D eigenvalue weighted by Crippen LogP contribution is -2.37. The van der Waals surface area contributed by atoms with Crippen molar-refractivity contribution in [3.63, 3.8) is 0 Å². The molecule has 36 heavy (non-hydrogen) atoms. The number of ether oxygens (including phenoxy) is 3. The van der Waals surface area contributed by atoms with Gasteiger partial charge in [-0.05, 0) is 25.1 Å². The van der Waals surface area contributed by atoms with Crippen LogP contribution < -0.4 is 31.7 Å². The highest BCUT2D eigenvalue weighted by Crippen LogP contribution is 2.42. The summed E-state index contributed by atoms with van der Waals surface area (Å²) >= 11 is 0. The van der Waals surface area contributed by atoms with E-state index in [1.165, 1.54) is 18.8 Å². The summed E-state index contributed by atoms with van der Waals surface area (Å²) in [6.45, 7) is 1.80. The molecule has 0 amide bonds. The van der Waals surface area contributed by atoms with Crippen LogP contribution in [0.2, 0.25) is 0 Å². The molecule has 1 atom stereocenters. The molecule has 1 aliphatic heterocycles. The smallest absolute Gasteiger partial charge is 0.362 e. The Morgan fingerprint density at radius 3 is 2.50 bits per heavy atom. The van der Waals surface area contributed by atoms with Gasteiger partial charge in [0.1, 0.15) is 28.1 Å². The highest BCUT2D eigenvalue weighted by Gasteiger charge is 2.40. The third kappa shape index (κ3) is 3.63. The zero-order valence-electron chi connectivity index (χ0n) is 19.8. The molecular formula is C26H23N3O7. The molecule has 2 N–H and O–H groups in total. The Kier molecular flexibility index (Phi) is 5.85. The molecule has 5 rings (SSSR count). The normalized spacial score (nSPS) is 14.8. The Morgan fingerprint density at radius 1 is 1.08 bits per heavy atom. The number of aromatic nitrogens is 2. The molecular weight excluding hydrogens is 466 g/mol. The summed E-state index contributed by atoms with van der Waals surface area (Å²) < 4.78 is 29.2. The minimum atomic E-state index is -0.832. The fraction of sp³-hybridized carbons (Fsp3) is 0.192. The summed E-state index contributed by atoms with van der Waals surface area (Å²) in [5.41, 5.74) is 6.84. The van der Waals surface area contributed by atoms with Crippen molar-refractivity contribution in [1.82, 2.24) is 9.55 Å². The van der Waals surface area contributed by atoms with E-state index in [9.17, 15) is 9.59 Å². The molecule has 2 aromatic carbocycles. The van der Waals surface area contributed by atoms with E-state index in [0.717, 1.165) is 0 Å². The number of fused-ring (bicyclic) bond motifs is 3. The Bertz CT molecular complexity index is 1640. The highest BCUT2D eigenvalue weighted by molar-refractivity contribution is 6.13. The van der Waals surface area contributed by atoms with Crippen molar-refractivity contribution in [1.29, 1.82) is 0 Å². The molecule has 0 saturated carbocycles. The number of hydrogen-bond donors (Lipinski definition) is 1. The first-order valence-corrected chi connectivity index (χ1v) is 11.2. The zero-order valence-corrected chi connectivity index (χ0v) is 19.8. The first kappa shape index (κ1) is 23.0. The Morgan fingerprint density at radius 2 is 1.78 bits per heavy atom. The van der Waals surface area contributed by atoms with Gasteiger partial charge in [-0.15, -0.1) is 0 Å². The lowest BCUT2D eigenvalue weighted by Gasteiger charge is -2.23. The fourth-order valence-electron chi connectivity index (χ4n) is 4.39. The van der Waals surface area contributed by atoms with E-state index in [2.05, 4.69) is 4.98 Å². The number of benzene rings is 2. The van der Waals surface area contributed by atoms with E-state index in [1.807, 2.05) is 12.1 Å². The van der Waals surface area contributed by atoms with E-state index < -0.39 is 17.5 Å². The molecule has 10 nitrogen and oxygen atoms in total. The number of anilines is 1. The SMILES string of the molecule is CCOC(=O)C1=c2oc(=O)/c(=C\c3ccccc3OC)n2-c2oc(N)nc2[C@H]1c1ccccc1OC. The summed E-state index contributed by atoms with van der Waals surface area (Å²) in [6, 6.07) is 14.2. The number of carbonyl (C=O) groups is 1. The molecule has 0 bridgehead atoms. The Balaban J connectivity index is 1.93. The standard InChI is InChI=1S/C26H23N3O7/c1-4-34-25(31)20-19(15-10-6-8-12-18(15)33-3)21-23(36-26(27)28-21)29-16(24(30)35-22(20)29)13-14-9-5-7-11-17(14)32-2/h5-13,19H,4H2,1-3H3,(H2,27,28)/b16-13+/t19-/m0/s1. The van der Waals surface area contributed by atoms with Gasteiger partial charge in [0.2, 0.25) is 11.4 Å². The summed E-state index contributed by atoms with van der Waals surface area (Å²) in [5.74, 6) is -0.312. The summed E-state index contributed by atoms with van der Waals surface area (Å²) in [4.78, 5) is 30.9. The minimum absolute atomic E-state index is 0.0424. The molecule has 3 heterocycles. The van der Waals surface area contributed by atoms with Crippen molar-refractivity contribution >= 4 is 23.6 Å². The number of methoxy groups -OCH3 is 2. The van der Waals surface area contributed by atoms with Gasteiger partial charge in [-0.25, -0.2) is 14.2 Å². The molecule has 2 aromatic heterocycles. The van der Waals surface area contributed by atoms with Gasteiger partial charge in [-0.2, -0.15) is 4.98 Å². The largest absolute Gasteiger partial charge is 0.496 e. The van der Waals surface area contributed by atoms with E-state index in [4.69, 9.17) is 28.8 Å². The molecule has 10 heteroatoms. The van der Waals surface area contributed by atoms with Crippen molar-refractivity contribution in [3.8, 4) is 17.4 Å². The second-order valence-corrected chi connectivity index (χ2v) is 7.85. The molecule has 0 saturated heterocycles. The number of nitrogen functional groups attached to an aromatic ring is 1. The van der Waals surface area contributed by atoms with Gasteiger partial charge >= 0.3 is 11.6 Å². The first-order chi connectivity index (χ1) is 17.5. The second kappa shape index (κ2) is 9.14. The van der Waals surface area contributed by atoms with Crippen LogP contribution in [-0.4, -0.2) is 36.3 Å². The van der Waals surface area contributed by atoms with Gasteiger partial charge in [0.15, 0.2) is 0 Å². The lowest BCUT2D eigenvalue weighted by atomic mass is 9.86. The molecule has 0 unspecified atom stereocenters. The third-order valence-electron chi connectivity index (χ3n) is 5.87. The van der Waals surface area contributed by atoms with Crippen LogP contribution in [0.1, 0.15) is 29.7 Å². The minimum Gasteiger partial charge on any atom is -0.496 e. The Labute approximate surface area is 204 Å². The van der Waals surface area contributed by atoms with E-state index in [-0.39, 0.29) is 35.0 Å². The van der Waals surface area contributed by atoms with E-state index in [1.54, 1.807) is 49.4 Å². The molecule has 0 radical (unpaired) electrons. The van der Waals surface area contributed by atoms with Gasteiger partial charge in [0, 0.05) is 11.1 Å². The number of nitrogens with zero attached hydrogens (tertiary/aromatic N) is 2. The summed E-state index contributed by atoms with van der Waals surface area (Å²) in [7, 11) is 3.05. The van der Waals surface area contributed by atoms with Crippen molar-refractivity contribution in [3.05, 3.63) is 86.7 Å². The maximum atomic E-state index is 13.3. The van der Waals surface area contributed by atoms with Gasteiger partial charge in [0.25, 0.3) is 6.01 Å². The van der Waals surface area contributed by atoms with Crippen LogP contribution in [0.15, 0.2) is 62.2 Å². The van der Waals surface area contributed by atoms with Crippen LogP contribution in [0.5, 0.6) is 11.5 Å². The average molecular weight is 489 g/mol. The number of rotatable bonds is 6. The maximum absolute atomic E-state index is 13.3. The number of oxazole rings is 2. The maximum Gasteiger partial charge on any atom is 0.362 e. The predicted octanol–water partition coefficient (Wildman–Crippen LogP) is 1.71. The topological polar surface area (TPSA) is 132 Å². The van der Waals surface area contributed by atoms with Crippen molar-refractivity contribution in [2.24, 2.45) is 0 Å². The number of para-hydroxylation sites is 2. The van der Waals surface area contributed by atoms with Crippen LogP contribution in [0.25, 0.3) is 17.5 Å². The molecule has 0 aliphatic carbocycles. The lowest BCUT2D eigenvalue weighted by molar-refractivity contribution is -0.136. The van der Waals surface area contributed by atoms with E-state index in [0.29, 0.717) is 28.3 Å². The molecule has 1 aliphatic rings. The Hall–Kier alpha value is -4.73. The van der Waals surface area contributed by atoms with Crippen LogP contribution in [0.4, 0.5) is 6.01 Å². The molecule has 0 fully saturated rings. The number of carbonyl (C=O) groups excluding carboxylic acids is 1.